The van der Waals surface area contributed by atoms with Crippen LogP contribution in [-0.2, 0) is 11.0 Å². The molecule has 0 saturated carbocycles. The average molecular weight is 296 g/mol. The summed E-state index contributed by atoms with van der Waals surface area (Å²) in [5, 5.41) is 0. The van der Waals surface area contributed by atoms with E-state index in [1.54, 1.807) is 6.92 Å². The summed E-state index contributed by atoms with van der Waals surface area (Å²) in [6.45, 7) is 1.63. The van der Waals surface area contributed by atoms with Gasteiger partial charge in [0.05, 0.1) is 27.4 Å². The zero-order valence-electron chi connectivity index (χ0n) is 8.38. The summed E-state index contributed by atoms with van der Waals surface area (Å²) in [7, 11) is 0. The molecule has 0 aliphatic carbocycles. The Bertz CT molecular complexity index is 392. The van der Waals surface area contributed by atoms with Gasteiger partial charge < -0.3 is 0 Å². The second-order valence-electron chi connectivity index (χ2n) is 3.08. The van der Waals surface area contributed by atoms with E-state index in [0.29, 0.717) is 0 Å². The normalized spacial score (nSPS) is 11.3. The topological polar surface area (TPSA) is 20.3 Å². The Kier molecular flexibility index (Phi) is 3.96. The first kappa shape index (κ1) is 13.0. The molecule has 1 amide bonds. The van der Waals surface area contributed by atoms with Crippen molar-refractivity contribution in [2.75, 3.05) is 3.93 Å². The second kappa shape index (κ2) is 4.86. The first-order valence-electron chi connectivity index (χ1n) is 4.52. The number of amides is 1. The van der Waals surface area contributed by atoms with Crippen LogP contribution in [0.1, 0.15) is 18.9 Å². The number of alkyl halides is 3. The van der Waals surface area contributed by atoms with E-state index in [9.17, 15) is 18.0 Å². The highest BCUT2D eigenvalue weighted by atomic mass is 79.9. The van der Waals surface area contributed by atoms with Crippen LogP contribution in [0.2, 0.25) is 0 Å². The van der Waals surface area contributed by atoms with Gasteiger partial charge in [-0.3, -0.25) is 4.79 Å². The predicted molar refractivity (Wildman–Crippen MR) is 58.1 cm³/mol. The minimum absolute atomic E-state index is 0.168. The smallest absolute Gasteiger partial charge is 0.274 e. The third kappa shape index (κ3) is 2.98. The van der Waals surface area contributed by atoms with Crippen LogP contribution < -0.4 is 3.93 Å². The van der Waals surface area contributed by atoms with E-state index in [1.807, 2.05) is 0 Å². The molecule has 6 heteroatoms. The van der Waals surface area contributed by atoms with Crippen molar-refractivity contribution < 1.29 is 18.0 Å². The van der Waals surface area contributed by atoms with Crippen LogP contribution in [0.25, 0.3) is 0 Å². The molecular weight excluding hydrogens is 287 g/mol. The Morgan fingerprint density at radius 2 is 2.06 bits per heavy atom. The first-order valence-corrected chi connectivity index (χ1v) is 5.23. The van der Waals surface area contributed by atoms with E-state index in [1.165, 1.54) is 12.1 Å². The van der Waals surface area contributed by atoms with Crippen LogP contribution in [0.3, 0.4) is 0 Å². The van der Waals surface area contributed by atoms with Gasteiger partial charge in [-0.1, -0.05) is 13.0 Å². The average Bonchev–Trinajstić information content (AvgIpc) is 2.26. The van der Waals surface area contributed by atoms with Crippen LogP contribution >= 0.6 is 16.1 Å². The third-order valence-corrected chi connectivity index (χ3v) is 2.73. The molecule has 2 nitrogen and oxygen atoms in total. The van der Waals surface area contributed by atoms with Gasteiger partial charge in [-0.25, -0.2) is 3.93 Å². The summed E-state index contributed by atoms with van der Waals surface area (Å²) >= 11 is 2.93. The SMILES string of the molecule is CCC(=O)N(Br)c1cccc(C(F)(F)F)c1. The van der Waals surface area contributed by atoms with Crippen LogP contribution in [-0.4, -0.2) is 5.91 Å². The summed E-state index contributed by atoms with van der Waals surface area (Å²) in [6.07, 6.45) is -4.19. The number of hydrogen-bond donors (Lipinski definition) is 0. The number of rotatable bonds is 2. The van der Waals surface area contributed by atoms with Gasteiger partial charge >= 0.3 is 6.18 Å². The van der Waals surface area contributed by atoms with Crippen LogP contribution in [0.5, 0.6) is 0 Å². The molecule has 0 aliphatic heterocycles. The van der Waals surface area contributed by atoms with Crippen molar-refractivity contribution in [2.45, 2.75) is 19.5 Å². The lowest BCUT2D eigenvalue weighted by Gasteiger charge is -2.15. The summed E-state index contributed by atoms with van der Waals surface area (Å²) < 4.78 is 38.2. The number of carbonyl (C=O) groups is 1. The Balaban J connectivity index is 3.04. The maximum Gasteiger partial charge on any atom is 0.416 e. The molecule has 0 atom stereocenters. The highest BCUT2D eigenvalue weighted by Crippen LogP contribution is 2.32. The molecule has 16 heavy (non-hydrogen) atoms. The molecular formula is C10H9BrF3NO. The fourth-order valence-corrected chi connectivity index (χ4v) is 1.56. The molecule has 0 aliphatic rings. The van der Waals surface area contributed by atoms with Gasteiger partial charge in [0.1, 0.15) is 0 Å². The number of halogens is 4. The van der Waals surface area contributed by atoms with E-state index >= 15 is 0 Å². The van der Waals surface area contributed by atoms with E-state index in [-0.39, 0.29) is 18.0 Å². The van der Waals surface area contributed by atoms with Crippen molar-refractivity contribution in [2.24, 2.45) is 0 Å². The standard InChI is InChI=1S/C10H9BrF3NO/c1-2-9(16)15(11)8-5-3-4-7(6-8)10(12,13)14/h3-6H,2H2,1H3. The van der Waals surface area contributed by atoms with E-state index in [0.717, 1.165) is 16.1 Å². The maximum absolute atomic E-state index is 12.4. The van der Waals surface area contributed by atoms with Crippen molar-refractivity contribution in [3.8, 4) is 0 Å². The van der Waals surface area contributed by atoms with Crippen LogP contribution in [0.15, 0.2) is 24.3 Å². The van der Waals surface area contributed by atoms with Gasteiger partial charge in [-0.05, 0) is 18.2 Å². The molecule has 0 spiro atoms. The van der Waals surface area contributed by atoms with Gasteiger partial charge in [0.25, 0.3) is 0 Å². The monoisotopic (exact) mass is 295 g/mol. The minimum Gasteiger partial charge on any atom is -0.274 e. The summed E-state index contributed by atoms with van der Waals surface area (Å²) in [4.78, 5) is 11.3. The van der Waals surface area contributed by atoms with Crippen molar-refractivity contribution in [3.05, 3.63) is 29.8 Å². The molecule has 1 aromatic rings. The molecule has 0 radical (unpaired) electrons. The Morgan fingerprint density at radius 1 is 1.44 bits per heavy atom. The predicted octanol–water partition coefficient (Wildman–Crippen LogP) is 3.76. The van der Waals surface area contributed by atoms with E-state index < -0.39 is 11.7 Å². The molecule has 0 aromatic heterocycles. The molecule has 0 unspecified atom stereocenters. The molecule has 88 valence electrons. The summed E-state index contributed by atoms with van der Waals surface area (Å²) in [5.41, 5.74) is -0.611. The van der Waals surface area contributed by atoms with E-state index in [2.05, 4.69) is 16.1 Å². The fraction of sp³-hybridized carbons (Fsp3) is 0.300. The Morgan fingerprint density at radius 3 is 2.56 bits per heavy atom. The van der Waals surface area contributed by atoms with Gasteiger partial charge in [0, 0.05) is 6.42 Å². The zero-order chi connectivity index (χ0) is 12.3. The van der Waals surface area contributed by atoms with Crippen molar-refractivity contribution >= 4 is 27.7 Å². The highest BCUT2D eigenvalue weighted by Gasteiger charge is 2.31. The molecule has 0 fully saturated rings. The Hall–Kier alpha value is -1.04. The maximum atomic E-state index is 12.4. The lowest BCUT2D eigenvalue weighted by Crippen LogP contribution is -2.19. The highest BCUT2D eigenvalue weighted by molar-refractivity contribution is 9.10. The number of hydrogen-bond acceptors (Lipinski definition) is 1. The van der Waals surface area contributed by atoms with Crippen molar-refractivity contribution in [1.82, 2.24) is 0 Å². The second-order valence-corrected chi connectivity index (χ2v) is 3.79. The van der Waals surface area contributed by atoms with Gasteiger partial charge in [0.15, 0.2) is 0 Å². The molecule has 0 saturated heterocycles. The van der Waals surface area contributed by atoms with Crippen molar-refractivity contribution in [1.29, 1.82) is 0 Å². The zero-order valence-corrected chi connectivity index (χ0v) is 9.97. The lowest BCUT2D eigenvalue weighted by atomic mass is 10.2. The first-order chi connectivity index (χ1) is 7.36. The molecule has 0 bridgehead atoms. The third-order valence-electron chi connectivity index (χ3n) is 1.92. The summed E-state index contributed by atoms with van der Waals surface area (Å²) in [6, 6.07) is 4.57. The summed E-state index contributed by atoms with van der Waals surface area (Å²) in [5.74, 6) is -0.306. The minimum atomic E-state index is -4.40. The quantitative estimate of drug-likeness (QED) is 0.761. The number of anilines is 1. The molecule has 0 N–H and O–H groups in total. The van der Waals surface area contributed by atoms with Crippen LogP contribution in [0, 0.1) is 0 Å². The number of nitrogens with zero attached hydrogens (tertiary/aromatic N) is 1. The van der Waals surface area contributed by atoms with Crippen LogP contribution in [0.4, 0.5) is 18.9 Å². The molecule has 0 heterocycles. The van der Waals surface area contributed by atoms with Crippen molar-refractivity contribution in [3.63, 3.8) is 0 Å². The van der Waals surface area contributed by atoms with Gasteiger partial charge in [0.2, 0.25) is 5.91 Å². The fourth-order valence-electron chi connectivity index (χ4n) is 1.09. The molecule has 1 aromatic carbocycles. The number of benzene rings is 1. The van der Waals surface area contributed by atoms with Gasteiger partial charge in [-0.15, -0.1) is 0 Å². The largest absolute Gasteiger partial charge is 0.416 e. The van der Waals surface area contributed by atoms with E-state index in [4.69, 9.17) is 0 Å². The van der Waals surface area contributed by atoms with Gasteiger partial charge in [-0.2, -0.15) is 13.2 Å². The molecule has 1 rings (SSSR count). The lowest BCUT2D eigenvalue weighted by molar-refractivity contribution is -0.137. The Labute approximate surface area is 99.4 Å². The number of carbonyl (C=O) groups excluding carboxylic acids is 1.